The SMILES string of the molecule is CN=C(NCCCn1cnc2ccccc21)NC1CC(C)(C)Oc2ccccc21. The molecule has 1 aliphatic rings. The fourth-order valence-corrected chi connectivity index (χ4v) is 3.94. The van der Waals surface area contributed by atoms with Crippen molar-refractivity contribution in [2.75, 3.05) is 13.6 Å². The summed E-state index contributed by atoms with van der Waals surface area (Å²) in [4.78, 5) is 8.88. The van der Waals surface area contributed by atoms with Gasteiger partial charge in [0.25, 0.3) is 0 Å². The summed E-state index contributed by atoms with van der Waals surface area (Å²) in [6.07, 6.45) is 3.78. The number of nitrogens with one attached hydrogen (secondary N) is 2. The van der Waals surface area contributed by atoms with Crippen LogP contribution in [0.3, 0.4) is 0 Å². The van der Waals surface area contributed by atoms with E-state index in [0.29, 0.717) is 0 Å². The molecule has 2 heterocycles. The van der Waals surface area contributed by atoms with Crippen molar-refractivity contribution < 1.29 is 4.74 Å². The molecule has 0 saturated carbocycles. The second-order valence-corrected chi connectivity index (χ2v) is 8.08. The lowest BCUT2D eigenvalue weighted by Crippen LogP contribution is -2.45. The van der Waals surface area contributed by atoms with E-state index in [1.165, 1.54) is 11.1 Å². The van der Waals surface area contributed by atoms with Crippen molar-refractivity contribution in [3.8, 4) is 5.75 Å². The zero-order chi connectivity index (χ0) is 20.3. The van der Waals surface area contributed by atoms with Crippen molar-refractivity contribution in [3.05, 3.63) is 60.4 Å². The highest BCUT2D eigenvalue weighted by molar-refractivity contribution is 5.80. The molecule has 1 unspecified atom stereocenters. The number of hydrogen-bond acceptors (Lipinski definition) is 3. The average Bonchev–Trinajstić information content (AvgIpc) is 3.12. The van der Waals surface area contributed by atoms with Crippen LogP contribution in [0.1, 0.15) is 38.3 Å². The van der Waals surface area contributed by atoms with E-state index >= 15 is 0 Å². The Bertz CT molecular complexity index is 1010. The van der Waals surface area contributed by atoms with Gasteiger partial charge >= 0.3 is 0 Å². The van der Waals surface area contributed by atoms with E-state index in [2.05, 4.69) is 63.3 Å². The minimum absolute atomic E-state index is 0.166. The Hall–Kier alpha value is -3.02. The molecule has 0 aliphatic carbocycles. The van der Waals surface area contributed by atoms with Crippen LogP contribution in [0.4, 0.5) is 0 Å². The Morgan fingerprint density at radius 2 is 2.00 bits per heavy atom. The summed E-state index contributed by atoms with van der Waals surface area (Å²) in [6, 6.07) is 16.6. The summed E-state index contributed by atoms with van der Waals surface area (Å²) in [5.74, 6) is 1.77. The second kappa shape index (κ2) is 8.15. The first-order valence-corrected chi connectivity index (χ1v) is 10.2. The number of rotatable bonds is 5. The zero-order valence-corrected chi connectivity index (χ0v) is 17.4. The number of ether oxygens (including phenoxy) is 1. The third kappa shape index (κ3) is 4.36. The molecule has 4 rings (SSSR count). The van der Waals surface area contributed by atoms with E-state index in [9.17, 15) is 0 Å². The van der Waals surface area contributed by atoms with Crippen molar-refractivity contribution in [1.82, 2.24) is 20.2 Å². The minimum atomic E-state index is -0.215. The lowest BCUT2D eigenvalue weighted by molar-refractivity contribution is 0.0694. The van der Waals surface area contributed by atoms with Crippen LogP contribution >= 0.6 is 0 Å². The van der Waals surface area contributed by atoms with Gasteiger partial charge in [-0.25, -0.2) is 4.98 Å². The lowest BCUT2D eigenvalue weighted by Gasteiger charge is -2.38. The van der Waals surface area contributed by atoms with Crippen LogP contribution in [0, 0.1) is 0 Å². The number of fused-ring (bicyclic) bond motifs is 2. The van der Waals surface area contributed by atoms with Crippen molar-refractivity contribution in [1.29, 1.82) is 0 Å². The lowest BCUT2D eigenvalue weighted by atomic mass is 9.90. The van der Waals surface area contributed by atoms with Gasteiger partial charge in [-0.15, -0.1) is 0 Å². The number of hydrogen-bond donors (Lipinski definition) is 2. The highest BCUT2D eigenvalue weighted by Crippen LogP contribution is 2.39. The van der Waals surface area contributed by atoms with Gasteiger partial charge in [0.1, 0.15) is 11.4 Å². The van der Waals surface area contributed by atoms with Gasteiger partial charge in [0, 0.05) is 32.1 Å². The molecule has 1 aliphatic heterocycles. The Morgan fingerprint density at radius 3 is 2.86 bits per heavy atom. The van der Waals surface area contributed by atoms with Gasteiger partial charge in [-0.3, -0.25) is 4.99 Å². The van der Waals surface area contributed by atoms with Gasteiger partial charge in [-0.1, -0.05) is 30.3 Å². The van der Waals surface area contributed by atoms with Crippen molar-refractivity contribution >= 4 is 17.0 Å². The molecular formula is C23H29N5O. The van der Waals surface area contributed by atoms with E-state index in [4.69, 9.17) is 4.74 Å². The van der Waals surface area contributed by atoms with Crippen LogP contribution < -0.4 is 15.4 Å². The number of para-hydroxylation sites is 3. The van der Waals surface area contributed by atoms with Crippen molar-refractivity contribution in [2.45, 2.75) is 44.9 Å². The molecule has 2 N–H and O–H groups in total. The number of aryl methyl sites for hydroxylation is 1. The maximum absolute atomic E-state index is 6.13. The molecule has 29 heavy (non-hydrogen) atoms. The van der Waals surface area contributed by atoms with Gasteiger partial charge in [-0.05, 0) is 38.5 Å². The second-order valence-electron chi connectivity index (χ2n) is 8.08. The van der Waals surface area contributed by atoms with E-state index in [1.54, 1.807) is 0 Å². The molecule has 2 aromatic carbocycles. The summed E-state index contributed by atoms with van der Waals surface area (Å²) >= 11 is 0. The molecule has 0 saturated heterocycles. The highest BCUT2D eigenvalue weighted by atomic mass is 16.5. The molecule has 6 heteroatoms. The molecule has 0 radical (unpaired) electrons. The van der Waals surface area contributed by atoms with E-state index in [1.807, 2.05) is 37.6 Å². The Morgan fingerprint density at radius 1 is 1.21 bits per heavy atom. The zero-order valence-electron chi connectivity index (χ0n) is 17.4. The van der Waals surface area contributed by atoms with Crippen molar-refractivity contribution in [3.63, 3.8) is 0 Å². The largest absolute Gasteiger partial charge is 0.487 e. The molecule has 1 atom stereocenters. The van der Waals surface area contributed by atoms with Crippen LogP contribution in [0.25, 0.3) is 11.0 Å². The van der Waals surface area contributed by atoms with E-state index < -0.39 is 0 Å². The third-order valence-electron chi connectivity index (χ3n) is 5.31. The number of benzene rings is 2. The predicted molar refractivity (Wildman–Crippen MR) is 117 cm³/mol. The molecule has 1 aromatic heterocycles. The molecule has 6 nitrogen and oxygen atoms in total. The number of guanidine groups is 1. The van der Waals surface area contributed by atoms with Gasteiger partial charge < -0.3 is 19.9 Å². The summed E-state index contributed by atoms with van der Waals surface area (Å²) < 4.78 is 8.33. The number of aliphatic imine (C=N–C) groups is 1. The molecule has 0 amide bonds. The number of aromatic nitrogens is 2. The maximum atomic E-state index is 6.13. The van der Waals surface area contributed by atoms with Gasteiger partial charge in [-0.2, -0.15) is 0 Å². The monoisotopic (exact) mass is 391 g/mol. The molecule has 0 spiro atoms. The summed E-state index contributed by atoms with van der Waals surface area (Å²) in [5.41, 5.74) is 3.18. The number of nitrogens with zero attached hydrogens (tertiary/aromatic N) is 3. The summed E-state index contributed by atoms with van der Waals surface area (Å²) in [6.45, 7) is 6.00. The minimum Gasteiger partial charge on any atom is -0.487 e. The maximum Gasteiger partial charge on any atom is 0.191 e. The molecule has 152 valence electrons. The quantitative estimate of drug-likeness (QED) is 0.393. The third-order valence-corrected chi connectivity index (χ3v) is 5.31. The smallest absolute Gasteiger partial charge is 0.191 e. The van der Waals surface area contributed by atoms with Crippen molar-refractivity contribution in [2.24, 2.45) is 4.99 Å². The van der Waals surface area contributed by atoms with E-state index in [0.717, 1.165) is 43.2 Å². The molecule has 0 fully saturated rings. The Kier molecular flexibility index (Phi) is 5.43. The average molecular weight is 392 g/mol. The number of imidazole rings is 1. The van der Waals surface area contributed by atoms with Crippen LogP contribution in [-0.2, 0) is 6.54 Å². The standard InChI is InChI=1S/C23H29N5O/c1-23(2)15-19(17-9-4-7-12-21(17)29-23)27-22(24-3)25-13-8-14-28-16-26-18-10-5-6-11-20(18)28/h4-7,9-12,16,19H,8,13-15H2,1-3H3,(H2,24,25,27). The highest BCUT2D eigenvalue weighted by Gasteiger charge is 2.33. The molecular weight excluding hydrogens is 362 g/mol. The first kappa shape index (κ1) is 19.3. The van der Waals surface area contributed by atoms with Crippen LogP contribution in [0.2, 0.25) is 0 Å². The summed E-state index contributed by atoms with van der Waals surface area (Å²) in [5, 5.41) is 7.03. The fourth-order valence-electron chi connectivity index (χ4n) is 3.94. The Balaban J connectivity index is 1.34. The normalized spacial score (nSPS) is 18.2. The van der Waals surface area contributed by atoms with E-state index in [-0.39, 0.29) is 11.6 Å². The Labute approximate surface area is 172 Å². The first-order valence-electron chi connectivity index (χ1n) is 10.2. The molecule has 0 bridgehead atoms. The van der Waals surface area contributed by atoms with Gasteiger partial charge in [0.2, 0.25) is 0 Å². The van der Waals surface area contributed by atoms with Crippen LogP contribution in [0.5, 0.6) is 5.75 Å². The topological polar surface area (TPSA) is 63.5 Å². The summed E-state index contributed by atoms with van der Waals surface area (Å²) in [7, 11) is 1.81. The van der Waals surface area contributed by atoms with Crippen LogP contribution in [-0.4, -0.2) is 34.7 Å². The van der Waals surface area contributed by atoms with Crippen LogP contribution in [0.15, 0.2) is 59.9 Å². The van der Waals surface area contributed by atoms with Gasteiger partial charge in [0.15, 0.2) is 5.96 Å². The fraction of sp³-hybridized carbons (Fsp3) is 0.391. The predicted octanol–water partition coefficient (Wildman–Crippen LogP) is 3.89. The molecule has 3 aromatic rings. The first-order chi connectivity index (χ1) is 14.1. The van der Waals surface area contributed by atoms with Gasteiger partial charge in [0.05, 0.1) is 23.4 Å².